The lowest BCUT2D eigenvalue weighted by Crippen LogP contribution is -2.37. The number of nitrogens with zero attached hydrogens (tertiary/aromatic N) is 1. The van der Waals surface area contributed by atoms with Crippen LogP contribution in [0.25, 0.3) is 0 Å². The van der Waals surface area contributed by atoms with Crippen molar-refractivity contribution >= 4 is 5.91 Å². The van der Waals surface area contributed by atoms with Gasteiger partial charge in [0.1, 0.15) is 0 Å². The first-order valence-electron chi connectivity index (χ1n) is 4.64. The Bertz CT molecular complexity index is 168. The largest absolute Gasteiger partial charge is 0.340 e. The van der Waals surface area contributed by atoms with Crippen molar-refractivity contribution in [3.8, 4) is 0 Å². The maximum absolute atomic E-state index is 11.1. The minimum Gasteiger partial charge on any atom is -0.340 e. The van der Waals surface area contributed by atoms with E-state index in [1.54, 1.807) is 6.92 Å². The SMILES string of the molecule is CC(=O)N1CCCC1CC(C)N. The molecule has 0 bridgehead atoms. The number of rotatable bonds is 2. The van der Waals surface area contributed by atoms with Gasteiger partial charge in [0.15, 0.2) is 0 Å². The average molecular weight is 170 g/mol. The van der Waals surface area contributed by atoms with E-state index in [0.717, 1.165) is 25.8 Å². The molecule has 0 spiro atoms. The van der Waals surface area contributed by atoms with E-state index in [4.69, 9.17) is 5.73 Å². The first-order chi connectivity index (χ1) is 5.61. The van der Waals surface area contributed by atoms with Crippen molar-refractivity contribution in [2.75, 3.05) is 6.54 Å². The van der Waals surface area contributed by atoms with Crippen molar-refractivity contribution in [3.63, 3.8) is 0 Å². The molecule has 1 fully saturated rings. The highest BCUT2D eigenvalue weighted by Gasteiger charge is 2.26. The normalized spacial score (nSPS) is 25.9. The van der Waals surface area contributed by atoms with Crippen LogP contribution in [0.15, 0.2) is 0 Å². The van der Waals surface area contributed by atoms with Crippen LogP contribution in [0.4, 0.5) is 0 Å². The van der Waals surface area contributed by atoms with E-state index in [2.05, 4.69) is 0 Å². The van der Waals surface area contributed by atoms with Crippen LogP contribution in [0.1, 0.15) is 33.1 Å². The maximum Gasteiger partial charge on any atom is 0.219 e. The number of carbonyl (C=O) groups excluding carboxylic acids is 1. The van der Waals surface area contributed by atoms with Gasteiger partial charge in [-0.25, -0.2) is 0 Å². The van der Waals surface area contributed by atoms with E-state index in [0.29, 0.717) is 6.04 Å². The van der Waals surface area contributed by atoms with Gasteiger partial charge in [0.05, 0.1) is 0 Å². The van der Waals surface area contributed by atoms with Gasteiger partial charge in [-0.1, -0.05) is 0 Å². The summed E-state index contributed by atoms with van der Waals surface area (Å²) >= 11 is 0. The summed E-state index contributed by atoms with van der Waals surface area (Å²) in [5, 5.41) is 0. The number of hydrogen-bond acceptors (Lipinski definition) is 2. The highest BCUT2D eigenvalue weighted by atomic mass is 16.2. The zero-order valence-corrected chi connectivity index (χ0v) is 7.92. The molecule has 1 heterocycles. The Morgan fingerprint density at radius 1 is 1.75 bits per heavy atom. The van der Waals surface area contributed by atoms with Gasteiger partial charge in [-0.3, -0.25) is 4.79 Å². The predicted octanol–water partition coefficient (Wildman–Crippen LogP) is 0.735. The van der Waals surface area contributed by atoms with E-state index < -0.39 is 0 Å². The Hall–Kier alpha value is -0.570. The summed E-state index contributed by atoms with van der Waals surface area (Å²) < 4.78 is 0. The molecule has 12 heavy (non-hydrogen) atoms. The minimum atomic E-state index is 0.193. The number of likely N-dealkylation sites (tertiary alicyclic amines) is 1. The Labute approximate surface area is 73.9 Å². The van der Waals surface area contributed by atoms with Crippen LogP contribution in [0.5, 0.6) is 0 Å². The second kappa shape index (κ2) is 3.90. The van der Waals surface area contributed by atoms with Gasteiger partial charge in [0.2, 0.25) is 5.91 Å². The third-order valence-electron chi connectivity index (χ3n) is 2.43. The first-order valence-corrected chi connectivity index (χ1v) is 4.64. The lowest BCUT2D eigenvalue weighted by molar-refractivity contribution is -0.129. The van der Waals surface area contributed by atoms with E-state index in [1.165, 1.54) is 0 Å². The van der Waals surface area contributed by atoms with E-state index in [1.807, 2.05) is 11.8 Å². The molecule has 1 rings (SSSR count). The first kappa shape index (κ1) is 9.52. The summed E-state index contributed by atoms with van der Waals surface area (Å²) in [6.07, 6.45) is 3.21. The van der Waals surface area contributed by atoms with E-state index in [-0.39, 0.29) is 11.9 Å². The number of nitrogens with two attached hydrogens (primary N) is 1. The summed E-state index contributed by atoms with van der Waals surface area (Å²) in [6, 6.07) is 0.609. The minimum absolute atomic E-state index is 0.193. The molecule has 1 aliphatic heterocycles. The zero-order valence-electron chi connectivity index (χ0n) is 7.92. The molecule has 0 aromatic heterocycles. The lowest BCUT2D eigenvalue weighted by atomic mass is 10.1. The molecular formula is C9H18N2O. The number of amides is 1. The van der Waals surface area contributed by atoms with Gasteiger partial charge in [0.25, 0.3) is 0 Å². The van der Waals surface area contributed by atoms with E-state index in [9.17, 15) is 4.79 Å². The van der Waals surface area contributed by atoms with E-state index >= 15 is 0 Å². The number of hydrogen-bond donors (Lipinski definition) is 1. The highest BCUT2D eigenvalue weighted by Crippen LogP contribution is 2.20. The molecule has 0 aromatic rings. The third-order valence-corrected chi connectivity index (χ3v) is 2.43. The third kappa shape index (κ3) is 2.21. The van der Waals surface area contributed by atoms with Crippen LogP contribution in [0, 0.1) is 0 Å². The fourth-order valence-corrected chi connectivity index (χ4v) is 1.92. The van der Waals surface area contributed by atoms with Crippen molar-refractivity contribution in [1.29, 1.82) is 0 Å². The molecule has 3 heteroatoms. The smallest absolute Gasteiger partial charge is 0.219 e. The second-order valence-electron chi connectivity index (χ2n) is 3.72. The van der Waals surface area contributed by atoms with Crippen molar-refractivity contribution in [2.45, 2.75) is 45.2 Å². The Morgan fingerprint density at radius 3 is 2.92 bits per heavy atom. The molecule has 0 radical (unpaired) electrons. The number of carbonyl (C=O) groups is 1. The highest BCUT2D eigenvalue weighted by molar-refractivity contribution is 5.73. The quantitative estimate of drug-likeness (QED) is 0.664. The van der Waals surface area contributed by atoms with Crippen LogP contribution in [-0.2, 0) is 4.79 Å². The van der Waals surface area contributed by atoms with Gasteiger partial charge in [-0.15, -0.1) is 0 Å². The molecule has 0 aromatic carbocycles. The summed E-state index contributed by atoms with van der Waals surface area (Å²) in [7, 11) is 0. The average Bonchev–Trinajstić information content (AvgIpc) is 2.33. The fourth-order valence-electron chi connectivity index (χ4n) is 1.92. The van der Waals surface area contributed by atoms with Crippen molar-refractivity contribution < 1.29 is 4.79 Å². The standard InChI is InChI=1S/C9H18N2O/c1-7(10)6-9-4-3-5-11(9)8(2)12/h7,9H,3-6,10H2,1-2H3. The van der Waals surface area contributed by atoms with Gasteiger partial charge in [-0.2, -0.15) is 0 Å². The predicted molar refractivity (Wildman–Crippen MR) is 48.7 cm³/mol. The summed E-state index contributed by atoms with van der Waals surface area (Å²) in [6.45, 7) is 4.56. The van der Waals surface area contributed by atoms with Crippen molar-refractivity contribution in [1.82, 2.24) is 4.90 Å². The summed E-state index contributed by atoms with van der Waals surface area (Å²) in [4.78, 5) is 13.1. The Kier molecular flexibility index (Phi) is 3.09. The molecule has 1 amide bonds. The fraction of sp³-hybridized carbons (Fsp3) is 0.889. The van der Waals surface area contributed by atoms with Gasteiger partial charge >= 0.3 is 0 Å². The molecule has 1 aliphatic rings. The van der Waals surface area contributed by atoms with Crippen molar-refractivity contribution in [3.05, 3.63) is 0 Å². The molecule has 3 nitrogen and oxygen atoms in total. The topological polar surface area (TPSA) is 46.3 Å². The molecular weight excluding hydrogens is 152 g/mol. The Morgan fingerprint density at radius 2 is 2.42 bits per heavy atom. The molecule has 0 aliphatic carbocycles. The van der Waals surface area contributed by atoms with Crippen LogP contribution in [-0.4, -0.2) is 29.4 Å². The van der Waals surface area contributed by atoms with Crippen molar-refractivity contribution in [2.24, 2.45) is 5.73 Å². The van der Waals surface area contributed by atoms with Gasteiger partial charge in [-0.05, 0) is 26.2 Å². The molecule has 2 N–H and O–H groups in total. The molecule has 2 unspecified atom stereocenters. The summed E-state index contributed by atoms with van der Waals surface area (Å²) in [5.74, 6) is 0.193. The summed E-state index contributed by atoms with van der Waals surface area (Å²) in [5.41, 5.74) is 5.70. The van der Waals surface area contributed by atoms with Crippen LogP contribution < -0.4 is 5.73 Å². The Balaban J connectivity index is 2.46. The maximum atomic E-state index is 11.1. The lowest BCUT2D eigenvalue weighted by Gasteiger charge is -2.24. The second-order valence-corrected chi connectivity index (χ2v) is 3.72. The molecule has 70 valence electrons. The molecule has 0 saturated carbocycles. The van der Waals surface area contributed by atoms with Crippen LogP contribution in [0.2, 0.25) is 0 Å². The van der Waals surface area contributed by atoms with Crippen LogP contribution >= 0.6 is 0 Å². The van der Waals surface area contributed by atoms with Crippen LogP contribution in [0.3, 0.4) is 0 Å². The monoisotopic (exact) mass is 170 g/mol. The molecule has 2 atom stereocenters. The molecule has 1 saturated heterocycles. The van der Waals surface area contributed by atoms with Gasteiger partial charge in [0, 0.05) is 25.6 Å². The van der Waals surface area contributed by atoms with Gasteiger partial charge < -0.3 is 10.6 Å². The zero-order chi connectivity index (χ0) is 9.14.